The van der Waals surface area contributed by atoms with Gasteiger partial charge in [0.1, 0.15) is 5.82 Å². The van der Waals surface area contributed by atoms with Crippen LogP contribution < -0.4 is 5.73 Å². The lowest BCUT2D eigenvalue weighted by atomic mass is 9.64. The van der Waals surface area contributed by atoms with Gasteiger partial charge in [-0.15, -0.1) is 0 Å². The highest BCUT2D eigenvalue weighted by Gasteiger charge is 2.44. The molecule has 0 radical (unpaired) electrons. The molecule has 0 spiro atoms. The molecule has 0 aromatic heterocycles. The average Bonchev–Trinajstić information content (AvgIpc) is 2.41. The van der Waals surface area contributed by atoms with Crippen LogP contribution in [-0.2, 0) is 12.8 Å². The zero-order chi connectivity index (χ0) is 13.5. The number of hydrogen-bond donors (Lipinski definition) is 2. The molecule has 0 saturated heterocycles. The fourth-order valence-corrected chi connectivity index (χ4v) is 4.02. The molecule has 3 heteroatoms. The number of halogens is 1. The number of aliphatic hydroxyl groups is 1. The van der Waals surface area contributed by atoms with Gasteiger partial charge in [0.15, 0.2) is 0 Å². The lowest BCUT2D eigenvalue weighted by Gasteiger charge is -2.45. The lowest BCUT2D eigenvalue weighted by molar-refractivity contribution is -0.0304. The third kappa shape index (κ3) is 2.09. The third-order valence-corrected chi connectivity index (χ3v) is 4.96. The highest BCUT2D eigenvalue weighted by atomic mass is 19.1. The van der Waals surface area contributed by atoms with Gasteiger partial charge in [0.25, 0.3) is 0 Å². The van der Waals surface area contributed by atoms with Crippen molar-refractivity contribution in [3.63, 3.8) is 0 Å². The summed E-state index contributed by atoms with van der Waals surface area (Å²) in [7, 11) is 0. The Morgan fingerprint density at radius 3 is 2.95 bits per heavy atom. The van der Waals surface area contributed by atoms with E-state index in [4.69, 9.17) is 5.73 Å². The highest BCUT2D eigenvalue weighted by molar-refractivity contribution is 5.43. The monoisotopic (exact) mass is 263 g/mol. The minimum Gasteiger partial charge on any atom is -0.389 e. The van der Waals surface area contributed by atoms with Crippen molar-refractivity contribution in [1.29, 1.82) is 0 Å². The molecule has 1 aromatic rings. The Labute approximate surface area is 113 Å². The Morgan fingerprint density at radius 1 is 1.32 bits per heavy atom. The molecule has 0 heterocycles. The molecule has 2 atom stereocenters. The topological polar surface area (TPSA) is 46.2 Å². The summed E-state index contributed by atoms with van der Waals surface area (Å²) < 4.78 is 14.1. The Kier molecular flexibility index (Phi) is 3.35. The van der Waals surface area contributed by atoms with E-state index in [9.17, 15) is 9.50 Å². The smallest absolute Gasteiger partial charge is 0.126 e. The van der Waals surface area contributed by atoms with E-state index in [1.807, 2.05) is 6.07 Å². The molecule has 2 nitrogen and oxygen atoms in total. The summed E-state index contributed by atoms with van der Waals surface area (Å²) in [4.78, 5) is 0. The number of rotatable bonds is 2. The van der Waals surface area contributed by atoms with Crippen molar-refractivity contribution in [2.24, 2.45) is 5.73 Å². The van der Waals surface area contributed by atoms with Crippen LogP contribution in [0.3, 0.4) is 0 Å². The molecule has 2 aliphatic carbocycles. The molecule has 0 amide bonds. The van der Waals surface area contributed by atoms with Gasteiger partial charge in [-0.05, 0) is 61.4 Å². The third-order valence-electron chi connectivity index (χ3n) is 4.96. The first-order valence-electron chi connectivity index (χ1n) is 7.38. The Hall–Kier alpha value is -0.930. The van der Waals surface area contributed by atoms with Gasteiger partial charge in [0, 0.05) is 5.92 Å². The van der Waals surface area contributed by atoms with Crippen molar-refractivity contribution in [1.82, 2.24) is 0 Å². The molecule has 19 heavy (non-hydrogen) atoms. The first-order valence-corrected chi connectivity index (χ1v) is 7.38. The van der Waals surface area contributed by atoms with E-state index in [0.717, 1.165) is 49.7 Å². The standard InChI is InChI=1S/C16H22FNO/c17-14-5-4-11-6-9-16(19)8-2-1-3-13(16)15(11)12(14)7-10-18/h4-5,13,19H,1-3,6-10,18H2/t13-,16-/m1/s1. The highest BCUT2D eigenvalue weighted by Crippen LogP contribution is 2.49. The van der Waals surface area contributed by atoms with E-state index >= 15 is 0 Å². The summed E-state index contributed by atoms with van der Waals surface area (Å²) in [6.45, 7) is 0.457. The second-order valence-electron chi connectivity index (χ2n) is 6.04. The van der Waals surface area contributed by atoms with Crippen LogP contribution in [0.15, 0.2) is 12.1 Å². The number of fused-ring (bicyclic) bond motifs is 3. The molecule has 0 aliphatic heterocycles. The summed E-state index contributed by atoms with van der Waals surface area (Å²) in [5.74, 6) is -0.0405. The Morgan fingerprint density at radius 2 is 2.16 bits per heavy atom. The number of benzene rings is 1. The summed E-state index contributed by atoms with van der Waals surface area (Å²) in [6, 6.07) is 3.47. The molecule has 3 rings (SSSR count). The number of nitrogens with two attached hydrogens (primary N) is 1. The molecular formula is C16H22FNO. The van der Waals surface area contributed by atoms with Gasteiger partial charge in [0.2, 0.25) is 0 Å². The molecular weight excluding hydrogens is 241 g/mol. The minimum absolute atomic E-state index is 0.113. The van der Waals surface area contributed by atoms with Gasteiger partial charge in [-0.25, -0.2) is 4.39 Å². The molecule has 2 aliphatic rings. The van der Waals surface area contributed by atoms with Crippen molar-refractivity contribution in [2.45, 2.75) is 56.5 Å². The van der Waals surface area contributed by atoms with Crippen molar-refractivity contribution in [2.75, 3.05) is 6.54 Å². The molecule has 1 aromatic carbocycles. The summed E-state index contributed by atoms with van der Waals surface area (Å²) in [5, 5.41) is 10.9. The van der Waals surface area contributed by atoms with Crippen LogP contribution in [0, 0.1) is 5.82 Å². The van der Waals surface area contributed by atoms with Gasteiger partial charge in [-0.2, -0.15) is 0 Å². The van der Waals surface area contributed by atoms with Crippen LogP contribution in [0.4, 0.5) is 4.39 Å². The predicted molar refractivity (Wildman–Crippen MR) is 73.6 cm³/mol. The van der Waals surface area contributed by atoms with Crippen LogP contribution >= 0.6 is 0 Å². The number of aryl methyl sites for hydroxylation is 1. The summed E-state index contributed by atoms with van der Waals surface area (Å²) in [5.41, 5.74) is 8.09. The minimum atomic E-state index is -0.609. The van der Waals surface area contributed by atoms with Crippen LogP contribution in [0.2, 0.25) is 0 Å². The summed E-state index contributed by atoms with van der Waals surface area (Å²) >= 11 is 0. The van der Waals surface area contributed by atoms with Crippen LogP contribution in [0.5, 0.6) is 0 Å². The molecule has 0 unspecified atom stereocenters. The summed E-state index contributed by atoms with van der Waals surface area (Å²) in [6.07, 6.45) is 6.30. The van der Waals surface area contributed by atoms with Gasteiger partial charge in [0.05, 0.1) is 5.60 Å². The molecule has 1 saturated carbocycles. The quantitative estimate of drug-likeness (QED) is 0.861. The molecule has 3 N–H and O–H groups in total. The van der Waals surface area contributed by atoms with E-state index in [2.05, 4.69) is 0 Å². The molecule has 0 bridgehead atoms. The zero-order valence-corrected chi connectivity index (χ0v) is 11.3. The first-order chi connectivity index (χ1) is 9.15. The van der Waals surface area contributed by atoms with E-state index in [0.29, 0.717) is 13.0 Å². The van der Waals surface area contributed by atoms with Crippen molar-refractivity contribution >= 4 is 0 Å². The number of hydrogen-bond acceptors (Lipinski definition) is 2. The van der Waals surface area contributed by atoms with Crippen molar-refractivity contribution < 1.29 is 9.50 Å². The SMILES string of the molecule is NCCc1c(F)ccc2c1[C@H]1CCCC[C@@]1(O)CC2. The Bertz CT molecular complexity index is 488. The van der Waals surface area contributed by atoms with E-state index < -0.39 is 5.60 Å². The predicted octanol–water partition coefficient (Wildman–Crippen LogP) is 2.66. The zero-order valence-electron chi connectivity index (χ0n) is 11.3. The normalized spacial score (nSPS) is 29.7. The molecule has 104 valence electrons. The van der Waals surface area contributed by atoms with Crippen LogP contribution in [0.1, 0.15) is 54.7 Å². The van der Waals surface area contributed by atoms with Gasteiger partial charge >= 0.3 is 0 Å². The van der Waals surface area contributed by atoms with Crippen molar-refractivity contribution in [3.05, 3.63) is 34.6 Å². The van der Waals surface area contributed by atoms with Gasteiger partial charge in [-0.3, -0.25) is 0 Å². The maximum atomic E-state index is 14.1. The fraction of sp³-hybridized carbons (Fsp3) is 0.625. The van der Waals surface area contributed by atoms with Crippen LogP contribution in [0.25, 0.3) is 0 Å². The average molecular weight is 263 g/mol. The Balaban J connectivity index is 2.11. The van der Waals surface area contributed by atoms with E-state index in [1.54, 1.807) is 6.07 Å². The van der Waals surface area contributed by atoms with Gasteiger partial charge < -0.3 is 10.8 Å². The second kappa shape index (κ2) is 4.88. The van der Waals surface area contributed by atoms with Crippen molar-refractivity contribution in [3.8, 4) is 0 Å². The second-order valence-corrected chi connectivity index (χ2v) is 6.04. The van der Waals surface area contributed by atoms with E-state index in [-0.39, 0.29) is 11.7 Å². The lowest BCUT2D eigenvalue weighted by Crippen LogP contribution is -2.43. The first kappa shape index (κ1) is 13.1. The van der Waals surface area contributed by atoms with E-state index in [1.165, 1.54) is 5.56 Å². The maximum Gasteiger partial charge on any atom is 0.126 e. The van der Waals surface area contributed by atoms with Gasteiger partial charge in [-0.1, -0.05) is 18.9 Å². The largest absolute Gasteiger partial charge is 0.389 e. The molecule has 1 fully saturated rings. The maximum absolute atomic E-state index is 14.1. The van der Waals surface area contributed by atoms with Crippen LogP contribution in [-0.4, -0.2) is 17.3 Å². The fourth-order valence-electron chi connectivity index (χ4n) is 4.02.